The maximum atomic E-state index is 12.9. The van der Waals surface area contributed by atoms with Crippen molar-refractivity contribution < 1.29 is 13.2 Å². The van der Waals surface area contributed by atoms with Gasteiger partial charge in [0, 0.05) is 37.3 Å². The summed E-state index contributed by atoms with van der Waals surface area (Å²) in [6.07, 6.45) is 1.11. The quantitative estimate of drug-likeness (QED) is 0.782. The van der Waals surface area contributed by atoms with E-state index in [0.29, 0.717) is 24.4 Å². The lowest BCUT2D eigenvalue weighted by Crippen LogP contribution is -2.28. The van der Waals surface area contributed by atoms with E-state index in [0.717, 1.165) is 16.8 Å². The van der Waals surface area contributed by atoms with Crippen LogP contribution in [0, 0.1) is 0 Å². The van der Waals surface area contributed by atoms with E-state index in [1.54, 1.807) is 42.3 Å². The largest absolute Gasteiger partial charge is 0.312 e. The monoisotopic (exact) mass is 392 g/mol. The molecule has 0 saturated heterocycles. The number of fused-ring (bicyclic) bond motifs is 1. The van der Waals surface area contributed by atoms with Crippen LogP contribution >= 0.6 is 11.6 Å². The number of carbonyl (C=O) groups is 1. The molecule has 0 fully saturated rings. The molecular weight excluding hydrogens is 372 g/mol. The first kappa shape index (κ1) is 18.9. The topological polar surface area (TPSA) is 57.7 Å². The van der Waals surface area contributed by atoms with Crippen LogP contribution in [0.5, 0.6) is 0 Å². The molecule has 1 aliphatic heterocycles. The molecule has 1 aliphatic rings. The Labute approximate surface area is 159 Å². The van der Waals surface area contributed by atoms with Gasteiger partial charge >= 0.3 is 0 Å². The molecule has 0 aromatic heterocycles. The Kier molecular flexibility index (Phi) is 5.37. The third-order valence-electron chi connectivity index (χ3n) is 4.58. The van der Waals surface area contributed by atoms with Gasteiger partial charge in [0.15, 0.2) is 0 Å². The third kappa shape index (κ3) is 3.63. The summed E-state index contributed by atoms with van der Waals surface area (Å²) in [5.41, 5.74) is 2.57. The van der Waals surface area contributed by atoms with Crippen molar-refractivity contribution in [2.45, 2.75) is 31.2 Å². The molecule has 0 aliphatic carbocycles. The number of carbonyl (C=O) groups excluding carboxylic acids is 1. The predicted molar refractivity (Wildman–Crippen MR) is 103 cm³/mol. The van der Waals surface area contributed by atoms with Crippen LogP contribution in [0.4, 0.5) is 5.69 Å². The summed E-state index contributed by atoms with van der Waals surface area (Å²) in [4.78, 5) is 14.0. The van der Waals surface area contributed by atoms with Gasteiger partial charge in [-0.05, 0) is 47.9 Å². The number of halogens is 1. The van der Waals surface area contributed by atoms with Crippen molar-refractivity contribution in [3.63, 3.8) is 0 Å². The van der Waals surface area contributed by atoms with Gasteiger partial charge in [-0.25, -0.2) is 8.42 Å². The average Bonchev–Trinajstić information content (AvgIpc) is 3.06. The molecule has 1 amide bonds. The zero-order valence-electron chi connectivity index (χ0n) is 14.8. The van der Waals surface area contributed by atoms with Crippen molar-refractivity contribution in [3.05, 3.63) is 58.6 Å². The lowest BCUT2D eigenvalue weighted by atomic mass is 10.2. The molecule has 0 saturated carbocycles. The Morgan fingerprint density at radius 3 is 2.54 bits per heavy atom. The average molecular weight is 393 g/mol. The number of amides is 1. The summed E-state index contributed by atoms with van der Waals surface area (Å²) >= 11 is 5.87. The standard InChI is InChI=1S/C19H21ClN2O3S/c1-3-19(23)22-11-10-15-12-17(8-9-18(15)22)26(24,25)21(2)13-14-4-6-16(20)7-5-14/h4-9,12H,3,10-11,13H2,1-2H3. The summed E-state index contributed by atoms with van der Waals surface area (Å²) in [5, 5.41) is 0.615. The third-order valence-corrected chi connectivity index (χ3v) is 6.63. The SMILES string of the molecule is CCC(=O)N1CCc2cc(S(=O)(=O)N(C)Cc3ccc(Cl)cc3)ccc21. The van der Waals surface area contributed by atoms with Crippen LogP contribution in [0.15, 0.2) is 47.4 Å². The second-order valence-electron chi connectivity index (χ2n) is 6.33. The highest BCUT2D eigenvalue weighted by molar-refractivity contribution is 7.89. The Bertz CT molecular complexity index is 926. The molecule has 26 heavy (non-hydrogen) atoms. The zero-order valence-corrected chi connectivity index (χ0v) is 16.3. The lowest BCUT2D eigenvalue weighted by Gasteiger charge is -2.19. The Morgan fingerprint density at radius 2 is 1.88 bits per heavy atom. The second kappa shape index (κ2) is 7.39. The van der Waals surface area contributed by atoms with Crippen LogP contribution in [0.1, 0.15) is 24.5 Å². The first-order valence-electron chi connectivity index (χ1n) is 8.47. The van der Waals surface area contributed by atoms with Gasteiger partial charge in [-0.1, -0.05) is 30.7 Å². The van der Waals surface area contributed by atoms with E-state index >= 15 is 0 Å². The molecule has 5 nitrogen and oxygen atoms in total. The maximum Gasteiger partial charge on any atom is 0.243 e. The van der Waals surface area contributed by atoms with Crippen molar-refractivity contribution in [2.24, 2.45) is 0 Å². The highest BCUT2D eigenvalue weighted by Gasteiger charge is 2.27. The van der Waals surface area contributed by atoms with Gasteiger partial charge in [-0.2, -0.15) is 4.31 Å². The van der Waals surface area contributed by atoms with Crippen LogP contribution in [-0.4, -0.2) is 32.2 Å². The minimum absolute atomic E-state index is 0.0548. The zero-order chi connectivity index (χ0) is 18.9. The smallest absolute Gasteiger partial charge is 0.243 e. The summed E-state index contributed by atoms with van der Waals surface area (Å²) in [7, 11) is -2.06. The number of hydrogen-bond donors (Lipinski definition) is 0. The highest BCUT2D eigenvalue weighted by Crippen LogP contribution is 2.31. The van der Waals surface area contributed by atoms with Crippen molar-refractivity contribution in [1.82, 2.24) is 4.31 Å². The number of sulfonamides is 1. The fourth-order valence-corrected chi connectivity index (χ4v) is 4.44. The van der Waals surface area contributed by atoms with E-state index < -0.39 is 10.0 Å². The summed E-state index contributed by atoms with van der Waals surface area (Å²) < 4.78 is 27.1. The van der Waals surface area contributed by atoms with Crippen molar-refractivity contribution in [3.8, 4) is 0 Å². The van der Waals surface area contributed by atoms with Gasteiger partial charge in [0.1, 0.15) is 0 Å². The van der Waals surface area contributed by atoms with Crippen LogP contribution in [-0.2, 0) is 27.8 Å². The minimum atomic E-state index is -3.62. The molecule has 138 valence electrons. The van der Waals surface area contributed by atoms with Crippen LogP contribution in [0.3, 0.4) is 0 Å². The Morgan fingerprint density at radius 1 is 1.19 bits per heavy atom. The number of hydrogen-bond acceptors (Lipinski definition) is 3. The summed E-state index contributed by atoms with van der Waals surface area (Å²) in [5.74, 6) is 0.0548. The van der Waals surface area contributed by atoms with Crippen molar-refractivity contribution >= 4 is 33.2 Å². The molecule has 1 heterocycles. The van der Waals surface area contributed by atoms with Gasteiger partial charge in [-0.3, -0.25) is 4.79 Å². The fourth-order valence-electron chi connectivity index (χ4n) is 3.10. The van der Waals surface area contributed by atoms with Gasteiger partial charge in [0.2, 0.25) is 15.9 Å². The van der Waals surface area contributed by atoms with Crippen LogP contribution in [0.2, 0.25) is 5.02 Å². The summed E-state index contributed by atoms with van der Waals surface area (Å²) in [6.45, 7) is 2.69. The Hall–Kier alpha value is -1.89. The molecule has 0 N–H and O–H groups in total. The van der Waals surface area contributed by atoms with E-state index in [9.17, 15) is 13.2 Å². The minimum Gasteiger partial charge on any atom is -0.312 e. The second-order valence-corrected chi connectivity index (χ2v) is 8.81. The molecular formula is C19H21ClN2O3S. The summed E-state index contributed by atoms with van der Waals surface area (Å²) in [6, 6.07) is 12.1. The van der Waals surface area contributed by atoms with E-state index in [2.05, 4.69) is 0 Å². The number of benzene rings is 2. The van der Waals surface area contributed by atoms with Gasteiger partial charge in [0.05, 0.1) is 4.90 Å². The van der Waals surface area contributed by atoms with Gasteiger partial charge in [-0.15, -0.1) is 0 Å². The predicted octanol–water partition coefficient (Wildman–Crippen LogP) is 3.46. The van der Waals surface area contributed by atoms with Gasteiger partial charge in [0.25, 0.3) is 0 Å². The molecule has 0 bridgehead atoms. The van der Waals surface area contributed by atoms with Crippen LogP contribution < -0.4 is 4.90 Å². The normalized spacial score (nSPS) is 13.9. The Balaban J connectivity index is 1.83. The highest BCUT2D eigenvalue weighted by atomic mass is 35.5. The molecule has 0 radical (unpaired) electrons. The maximum absolute atomic E-state index is 12.9. The molecule has 2 aromatic carbocycles. The first-order valence-corrected chi connectivity index (χ1v) is 10.3. The van der Waals surface area contributed by atoms with E-state index in [4.69, 9.17) is 11.6 Å². The van der Waals surface area contributed by atoms with Crippen LogP contribution in [0.25, 0.3) is 0 Å². The molecule has 2 aromatic rings. The number of anilines is 1. The van der Waals surface area contributed by atoms with Crippen molar-refractivity contribution in [2.75, 3.05) is 18.5 Å². The van der Waals surface area contributed by atoms with E-state index in [1.165, 1.54) is 4.31 Å². The number of rotatable bonds is 5. The van der Waals surface area contributed by atoms with E-state index in [-0.39, 0.29) is 17.3 Å². The molecule has 0 spiro atoms. The molecule has 7 heteroatoms. The fraction of sp³-hybridized carbons (Fsp3) is 0.316. The lowest BCUT2D eigenvalue weighted by molar-refractivity contribution is -0.118. The van der Waals surface area contributed by atoms with E-state index in [1.807, 2.05) is 19.1 Å². The molecule has 0 unspecified atom stereocenters. The van der Waals surface area contributed by atoms with Crippen molar-refractivity contribution in [1.29, 1.82) is 0 Å². The molecule has 0 atom stereocenters. The number of nitrogens with zero attached hydrogens (tertiary/aromatic N) is 2. The molecule has 3 rings (SSSR count). The van der Waals surface area contributed by atoms with Gasteiger partial charge < -0.3 is 4.90 Å². The first-order chi connectivity index (χ1) is 12.3.